The van der Waals surface area contributed by atoms with Crippen molar-refractivity contribution in [2.45, 2.75) is 26.5 Å². The third-order valence-corrected chi connectivity index (χ3v) is 2.50. The fourth-order valence-electron chi connectivity index (χ4n) is 1.62. The van der Waals surface area contributed by atoms with Crippen LogP contribution in [-0.4, -0.2) is 25.7 Å². The molecule has 7 heteroatoms. The van der Waals surface area contributed by atoms with Crippen molar-refractivity contribution in [3.63, 3.8) is 0 Å². The minimum absolute atomic E-state index is 0.0793. The van der Waals surface area contributed by atoms with E-state index in [-0.39, 0.29) is 23.1 Å². The predicted octanol–water partition coefficient (Wildman–Crippen LogP) is 2.73. The largest absolute Gasteiger partial charge is 0.493 e. The maximum absolute atomic E-state index is 12.2. The van der Waals surface area contributed by atoms with Crippen LogP contribution in [0.1, 0.15) is 19.4 Å². The minimum atomic E-state index is -2.97. The van der Waals surface area contributed by atoms with E-state index in [9.17, 15) is 13.6 Å². The Labute approximate surface area is 127 Å². The molecule has 118 valence electrons. The van der Waals surface area contributed by atoms with Crippen LogP contribution in [0.5, 0.6) is 11.5 Å². The molecule has 5 nitrogen and oxygen atoms in total. The summed E-state index contributed by atoms with van der Waals surface area (Å²) in [5.74, 6) is -0.556. The molecule has 0 bridgehead atoms. The van der Waals surface area contributed by atoms with Gasteiger partial charge in [-0.1, -0.05) is 6.07 Å². The summed E-state index contributed by atoms with van der Waals surface area (Å²) in [6.07, 6.45) is 1.34. The van der Waals surface area contributed by atoms with Crippen molar-refractivity contribution in [1.29, 1.82) is 5.26 Å². The summed E-state index contributed by atoms with van der Waals surface area (Å²) in [5.41, 5.74) is 0.354. The van der Waals surface area contributed by atoms with E-state index in [1.54, 1.807) is 19.9 Å². The highest BCUT2D eigenvalue weighted by atomic mass is 19.3. The van der Waals surface area contributed by atoms with Gasteiger partial charge in [0, 0.05) is 6.04 Å². The number of halogens is 2. The van der Waals surface area contributed by atoms with Crippen LogP contribution in [0, 0.1) is 11.3 Å². The van der Waals surface area contributed by atoms with Crippen molar-refractivity contribution in [1.82, 2.24) is 5.32 Å². The van der Waals surface area contributed by atoms with Crippen molar-refractivity contribution in [3.05, 3.63) is 29.3 Å². The quantitative estimate of drug-likeness (QED) is 0.648. The summed E-state index contributed by atoms with van der Waals surface area (Å²) in [4.78, 5) is 11.8. The maximum Gasteiger partial charge on any atom is 0.387 e. The molecule has 0 fully saturated rings. The van der Waals surface area contributed by atoms with Crippen LogP contribution in [0.3, 0.4) is 0 Å². The fraction of sp³-hybridized carbons (Fsp3) is 0.333. The van der Waals surface area contributed by atoms with Crippen molar-refractivity contribution >= 4 is 12.0 Å². The second-order valence-corrected chi connectivity index (χ2v) is 4.59. The number of hydrogen-bond acceptors (Lipinski definition) is 4. The molecular weight excluding hydrogens is 294 g/mol. The molecule has 0 aliphatic heterocycles. The highest BCUT2D eigenvalue weighted by Crippen LogP contribution is 2.30. The van der Waals surface area contributed by atoms with Crippen LogP contribution in [0.2, 0.25) is 0 Å². The Hall–Kier alpha value is -2.62. The molecule has 0 spiro atoms. The van der Waals surface area contributed by atoms with Gasteiger partial charge in [-0.25, -0.2) is 0 Å². The SMILES string of the molecule is COc1cc(/C=C(/C#N)C(=O)NC(C)C)ccc1OC(F)F. The Kier molecular flexibility index (Phi) is 6.32. The lowest BCUT2D eigenvalue weighted by atomic mass is 10.1. The van der Waals surface area contributed by atoms with Crippen LogP contribution < -0.4 is 14.8 Å². The number of carbonyl (C=O) groups is 1. The summed E-state index contributed by atoms with van der Waals surface area (Å²) in [5, 5.41) is 11.6. The number of nitrogens with zero attached hydrogens (tertiary/aromatic N) is 1. The van der Waals surface area contributed by atoms with E-state index < -0.39 is 12.5 Å². The zero-order chi connectivity index (χ0) is 16.7. The standard InChI is InChI=1S/C15H16F2N2O3/c1-9(2)19-14(20)11(8-18)6-10-4-5-12(22-15(16)17)13(7-10)21-3/h4-7,9,15H,1-3H3,(H,19,20)/b11-6-. The second-order valence-electron chi connectivity index (χ2n) is 4.59. The molecular formula is C15H16F2N2O3. The van der Waals surface area contributed by atoms with Gasteiger partial charge in [0.05, 0.1) is 7.11 Å². The molecule has 0 saturated heterocycles. The van der Waals surface area contributed by atoms with E-state index in [0.29, 0.717) is 5.56 Å². The van der Waals surface area contributed by atoms with E-state index >= 15 is 0 Å². The first kappa shape index (κ1) is 17.4. The van der Waals surface area contributed by atoms with Gasteiger partial charge in [-0.2, -0.15) is 14.0 Å². The molecule has 1 rings (SSSR count). The van der Waals surface area contributed by atoms with E-state index in [4.69, 9.17) is 10.00 Å². The van der Waals surface area contributed by atoms with Gasteiger partial charge in [-0.15, -0.1) is 0 Å². The van der Waals surface area contributed by atoms with Gasteiger partial charge in [0.1, 0.15) is 11.6 Å². The number of hydrogen-bond donors (Lipinski definition) is 1. The molecule has 0 unspecified atom stereocenters. The molecule has 0 aliphatic rings. The van der Waals surface area contributed by atoms with Gasteiger partial charge >= 0.3 is 6.61 Å². The summed E-state index contributed by atoms with van der Waals surface area (Å²) in [7, 11) is 1.30. The number of methoxy groups -OCH3 is 1. The number of nitrogens with one attached hydrogen (secondary N) is 1. The van der Waals surface area contributed by atoms with Crippen LogP contribution in [0.25, 0.3) is 6.08 Å². The number of benzene rings is 1. The molecule has 22 heavy (non-hydrogen) atoms. The Morgan fingerprint density at radius 1 is 1.36 bits per heavy atom. The summed E-state index contributed by atoms with van der Waals surface area (Å²) in [6.45, 7) is 0.570. The number of nitriles is 1. The van der Waals surface area contributed by atoms with E-state index in [1.807, 2.05) is 0 Å². The van der Waals surface area contributed by atoms with Crippen LogP contribution >= 0.6 is 0 Å². The molecule has 0 radical (unpaired) electrons. The third kappa shape index (κ3) is 5.05. The number of alkyl halides is 2. The first-order valence-electron chi connectivity index (χ1n) is 6.43. The summed E-state index contributed by atoms with van der Waals surface area (Å²) < 4.78 is 33.7. The monoisotopic (exact) mass is 310 g/mol. The average Bonchev–Trinajstić information content (AvgIpc) is 2.44. The topological polar surface area (TPSA) is 71.3 Å². The molecule has 0 saturated carbocycles. The minimum Gasteiger partial charge on any atom is -0.493 e. The Balaban J connectivity index is 3.08. The normalized spacial score (nSPS) is 11.3. The number of amides is 1. The smallest absolute Gasteiger partial charge is 0.387 e. The van der Waals surface area contributed by atoms with Crippen molar-refractivity contribution in [2.24, 2.45) is 0 Å². The Morgan fingerprint density at radius 2 is 2.05 bits per heavy atom. The van der Waals surface area contributed by atoms with Gasteiger partial charge in [0.2, 0.25) is 0 Å². The van der Waals surface area contributed by atoms with Gasteiger partial charge in [0.25, 0.3) is 5.91 Å². The van der Waals surface area contributed by atoms with Crippen LogP contribution in [0.4, 0.5) is 8.78 Å². The Morgan fingerprint density at radius 3 is 2.55 bits per heavy atom. The van der Waals surface area contributed by atoms with E-state index in [2.05, 4.69) is 10.1 Å². The molecule has 1 aromatic rings. The summed E-state index contributed by atoms with van der Waals surface area (Å²) >= 11 is 0. The van der Waals surface area contributed by atoms with E-state index in [0.717, 1.165) is 0 Å². The zero-order valence-corrected chi connectivity index (χ0v) is 12.4. The third-order valence-electron chi connectivity index (χ3n) is 2.50. The Bertz CT molecular complexity index is 607. The van der Waals surface area contributed by atoms with Crippen molar-refractivity contribution < 1.29 is 23.0 Å². The number of ether oxygens (including phenoxy) is 2. The molecule has 0 aliphatic carbocycles. The van der Waals surface area contributed by atoms with Gasteiger partial charge in [-0.3, -0.25) is 4.79 Å². The first-order valence-corrected chi connectivity index (χ1v) is 6.43. The summed E-state index contributed by atoms with van der Waals surface area (Å²) in [6, 6.07) is 5.82. The molecule has 1 amide bonds. The van der Waals surface area contributed by atoms with E-state index in [1.165, 1.54) is 31.4 Å². The predicted molar refractivity (Wildman–Crippen MR) is 76.5 cm³/mol. The second kappa shape index (κ2) is 7.98. The average molecular weight is 310 g/mol. The highest BCUT2D eigenvalue weighted by molar-refractivity contribution is 6.01. The molecule has 0 aromatic heterocycles. The maximum atomic E-state index is 12.2. The van der Waals surface area contributed by atoms with Crippen LogP contribution in [0.15, 0.2) is 23.8 Å². The molecule has 1 N–H and O–H groups in total. The van der Waals surface area contributed by atoms with Gasteiger partial charge in [0.15, 0.2) is 11.5 Å². The lowest BCUT2D eigenvalue weighted by Gasteiger charge is -2.10. The van der Waals surface area contributed by atoms with Crippen molar-refractivity contribution in [2.75, 3.05) is 7.11 Å². The number of carbonyl (C=O) groups excluding carboxylic acids is 1. The van der Waals surface area contributed by atoms with Crippen LogP contribution in [-0.2, 0) is 4.79 Å². The van der Waals surface area contributed by atoms with Gasteiger partial charge < -0.3 is 14.8 Å². The van der Waals surface area contributed by atoms with Gasteiger partial charge in [-0.05, 0) is 37.6 Å². The fourth-order valence-corrected chi connectivity index (χ4v) is 1.62. The lowest BCUT2D eigenvalue weighted by Crippen LogP contribution is -2.30. The molecule has 0 atom stereocenters. The number of rotatable bonds is 6. The molecule has 0 heterocycles. The zero-order valence-electron chi connectivity index (χ0n) is 12.4. The lowest BCUT2D eigenvalue weighted by molar-refractivity contribution is -0.117. The highest BCUT2D eigenvalue weighted by Gasteiger charge is 2.13. The first-order chi connectivity index (χ1) is 10.4. The van der Waals surface area contributed by atoms with Crippen molar-refractivity contribution in [3.8, 4) is 17.6 Å². The molecule has 1 aromatic carbocycles.